The highest BCUT2D eigenvalue weighted by Gasteiger charge is 2.20. The van der Waals surface area contributed by atoms with Crippen LogP contribution in [-0.4, -0.2) is 41.9 Å². The second-order valence-corrected chi connectivity index (χ2v) is 6.89. The molecule has 1 saturated heterocycles. The fraction of sp³-hybridized carbons (Fsp3) is 0.211. The number of halogens is 1. The molecule has 1 fully saturated rings. The molecule has 134 valence electrons. The van der Waals surface area contributed by atoms with Gasteiger partial charge in [-0.2, -0.15) is 0 Å². The number of benzene rings is 2. The molecule has 3 rings (SSSR count). The first-order valence-corrected chi connectivity index (χ1v) is 9.04. The van der Waals surface area contributed by atoms with Gasteiger partial charge in [-0.25, -0.2) is 0 Å². The number of non-ortho nitro benzene ring substituents is 1. The molecule has 0 N–H and O–H groups in total. The number of carbonyl (C=O) groups excluding carboxylic acids is 1. The number of hydrogen-bond acceptors (Lipinski definition) is 4. The van der Waals surface area contributed by atoms with E-state index in [1.54, 1.807) is 18.2 Å². The summed E-state index contributed by atoms with van der Waals surface area (Å²) < 4.78 is 0.976. The molecule has 2 aromatic carbocycles. The largest absolute Gasteiger partial charge is 0.368 e. The van der Waals surface area contributed by atoms with Gasteiger partial charge in [0, 0.05) is 54.5 Å². The van der Waals surface area contributed by atoms with Crippen molar-refractivity contribution in [3.63, 3.8) is 0 Å². The zero-order valence-corrected chi connectivity index (χ0v) is 15.6. The molecule has 6 nitrogen and oxygen atoms in total. The molecule has 1 aliphatic heterocycles. The highest BCUT2D eigenvalue weighted by Crippen LogP contribution is 2.21. The zero-order valence-electron chi connectivity index (χ0n) is 14.0. The lowest BCUT2D eigenvalue weighted by atomic mass is 10.2. The normalized spacial score (nSPS) is 14.7. The van der Waals surface area contributed by atoms with E-state index in [4.69, 9.17) is 0 Å². The third kappa shape index (κ3) is 4.49. The van der Waals surface area contributed by atoms with Crippen LogP contribution in [0, 0.1) is 10.1 Å². The van der Waals surface area contributed by atoms with Crippen LogP contribution in [0.2, 0.25) is 0 Å². The Hall–Kier alpha value is -2.67. The molecule has 1 aliphatic rings. The van der Waals surface area contributed by atoms with E-state index in [1.165, 1.54) is 12.1 Å². The van der Waals surface area contributed by atoms with Crippen molar-refractivity contribution in [1.29, 1.82) is 0 Å². The molecular formula is C19H18BrN3O3. The van der Waals surface area contributed by atoms with Crippen molar-refractivity contribution in [3.8, 4) is 0 Å². The van der Waals surface area contributed by atoms with Gasteiger partial charge in [0.05, 0.1) is 4.92 Å². The summed E-state index contributed by atoms with van der Waals surface area (Å²) in [5.41, 5.74) is 1.99. The summed E-state index contributed by atoms with van der Waals surface area (Å²) >= 11 is 3.41. The highest BCUT2D eigenvalue weighted by molar-refractivity contribution is 9.10. The molecule has 0 aliphatic carbocycles. The Kier molecular flexibility index (Phi) is 5.68. The van der Waals surface area contributed by atoms with Crippen LogP contribution in [0.4, 0.5) is 11.4 Å². The topological polar surface area (TPSA) is 66.7 Å². The van der Waals surface area contributed by atoms with Gasteiger partial charge in [-0.3, -0.25) is 14.9 Å². The van der Waals surface area contributed by atoms with Crippen molar-refractivity contribution < 1.29 is 9.72 Å². The number of piperazine rings is 1. The number of nitro benzene ring substituents is 1. The molecule has 0 spiro atoms. The predicted molar refractivity (Wildman–Crippen MR) is 105 cm³/mol. The number of hydrogen-bond donors (Lipinski definition) is 0. The molecule has 7 heteroatoms. The van der Waals surface area contributed by atoms with Crippen LogP contribution in [0.5, 0.6) is 0 Å². The SMILES string of the molecule is O=C(/C=C/c1cccc(Br)c1)N1CCN(c2ccc([N+](=O)[O-])cc2)CC1. The van der Waals surface area contributed by atoms with Gasteiger partial charge in [0.25, 0.3) is 5.69 Å². The Labute approximate surface area is 160 Å². The van der Waals surface area contributed by atoms with E-state index in [0.29, 0.717) is 26.2 Å². The monoisotopic (exact) mass is 415 g/mol. The van der Waals surface area contributed by atoms with Crippen LogP contribution in [0.25, 0.3) is 6.08 Å². The molecule has 1 heterocycles. The maximum atomic E-state index is 12.4. The van der Waals surface area contributed by atoms with Crippen molar-refractivity contribution >= 4 is 39.3 Å². The molecule has 26 heavy (non-hydrogen) atoms. The van der Waals surface area contributed by atoms with E-state index < -0.39 is 4.92 Å². The van der Waals surface area contributed by atoms with Crippen molar-refractivity contribution in [2.75, 3.05) is 31.1 Å². The minimum Gasteiger partial charge on any atom is -0.368 e. The van der Waals surface area contributed by atoms with Crippen LogP contribution < -0.4 is 4.90 Å². The second-order valence-electron chi connectivity index (χ2n) is 5.97. The predicted octanol–water partition coefficient (Wildman–Crippen LogP) is 3.72. The van der Waals surface area contributed by atoms with Gasteiger partial charge in [-0.1, -0.05) is 28.1 Å². The molecular weight excluding hydrogens is 398 g/mol. The van der Waals surface area contributed by atoms with Crippen molar-refractivity contribution in [3.05, 3.63) is 74.8 Å². The van der Waals surface area contributed by atoms with Gasteiger partial charge in [0.1, 0.15) is 0 Å². The smallest absolute Gasteiger partial charge is 0.269 e. The number of amides is 1. The Balaban J connectivity index is 1.56. The standard InChI is InChI=1S/C19H18BrN3O3/c20-16-3-1-2-15(14-16)4-9-19(24)22-12-10-21(11-13-22)17-5-7-18(8-6-17)23(25)26/h1-9,14H,10-13H2/b9-4+. The van der Waals surface area contributed by atoms with Crippen molar-refractivity contribution in [2.24, 2.45) is 0 Å². The summed E-state index contributed by atoms with van der Waals surface area (Å²) in [6, 6.07) is 14.3. The molecule has 1 amide bonds. The Morgan fingerprint density at radius 3 is 2.38 bits per heavy atom. The summed E-state index contributed by atoms with van der Waals surface area (Å²) in [7, 11) is 0. The minimum absolute atomic E-state index is 0.00618. The molecule has 0 radical (unpaired) electrons. The van der Waals surface area contributed by atoms with Gasteiger partial charge in [-0.05, 0) is 35.9 Å². The summed E-state index contributed by atoms with van der Waals surface area (Å²) in [4.78, 5) is 26.6. The van der Waals surface area contributed by atoms with E-state index in [2.05, 4.69) is 20.8 Å². The zero-order chi connectivity index (χ0) is 18.5. The Morgan fingerprint density at radius 2 is 1.77 bits per heavy atom. The van der Waals surface area contributed by atoms with Crippen LogP contribution in [0.15, 0.2) is 59.1 Å². The molecule has 0 bridgehead atoms. The van der Waals surface area contributed by atoms with E-state index >= 15 is 0 Å². The molecule has 0 aromatic heterocycles. The summed E-state index contributed by atoms with van der Waals surface area (Å²) in [5, 5.41) is 10.7. The molecule has 0 unspecified atom stereocenters. The summed E-state index contributed by atoms with van der Waals surface area (Å²) in [5.74, 6) is -0.00618. The minimum atomic E-state index is -0.405. The maximum Gasteiger partial charge on any atom is 0.269 e. The van der Waals surface area contributed by atoms with E-state index in [1.807, 2.05) is 35.2 Å². The number of nitro groups is 1. The Morgan fingerprint density at radius 1 is 1.08 bits per heavy atom. The fourth-order valence-corrected chi connectivity index (χ4v) is 3.27. The fourth-order valence-electron chi connectivity index (χ4n) is 2.85. The average molecular weight is 416 g/mol. The first-order valence-electron chi connectivity index (χ1n) is 8.25. The van der Waals surface area contributed by atoms with Gasteiger partial charge in [-0.15, -0.1) is 0 Å². The van der Waals surface area contributed by atoms with Crippen LogP contribution >= 0.6 is 15.9 Å². The third-order valence-electron chi connectivity index (χ3n) is 4.28. The lowest BCUT2D eigenvalue weighted by molar-refractivity contribution is -0.384. The maximum absolute atomic E-state index is 12.4. The van der Waals surface area contributed by atoms with Gasteiger partial charge >= 0.3 is 0 Å². The van der Waals surface area contributed by atoms with E-state index in [0.717, 1.165) is 15.7 Å². The van der Waals surface area contributed by atoms with E-state index in [9.17, 15) is 14.9 Å². The van der Waals surface area contributed by atoms with Crippen LogP contribution in [0.3, 0.4) is 0 Å². The average Bonchev–Trinajstić information content (AvgIpc) is 2.66. The number of anilines is 1. The summed E-state index contributed by atoms with van der Waals surface area (Å²) in [6.45, 7) is 2.65. The van der Waals surface area contributed by atoms with Gasteiger partial charge < -0.3 is 9.80 Å². The lowest BCUT2D eigenvalue weighted by Gasteiger charge is -2.35. The highest BCUT2D eigenvalue weighted by atomic mass is 79.9. The van der Waals surface area contributed by atoms with Crippen LogP contribution in [0.1, 0.15) is 5.56 Å². The van der Waals surface area contributed by atoms with E-state index in [-0.39, 0.29) is 11.6 Å². The van der Waals surface area contributed by atoms with Gasteiger partial charge in [0.2, 0.25) is 5.91 Å². The number of nitrogens with zero attached hydrogens (tertiary/aromatic N) is 3. The molecule has 0 saturated carbocycles. The third-order valence-corrected chi connectivity index (χ3v) is 4.78. The summed E-state index contributed by atoms with van der Waals surface area (Å²) in [6.07, 6.45) is 3.42. The lowest BCUT2D eigenvalue weighted by Crippen LogP contribution is -2.48. The van der Waals surface area contributed by atoms with Crippen molar-refractivity contribution in [2.45, 2.75) is 0 Å². The first kappa shape index (κ1) is 18.1. The molecule has 2 aromatic rings. The van der Waals surface area contributed by atoms with Gasteiger partial charge in [0.15, 0.2) is 0 Å². The Bertz CT molecular complexity index is 828. The molecule has 0 atom stereocenters. The number of carbonyl (C=O) groups is 1. The second kappa shape index (κ2) is 8.14. The first-order chi connectivity index (χ1) is 12.5. The van der Waals surface area contributed by atoms with Crippen LogP contribution in [-0.2, 0) is 4.79 Å². The van der Waals surface area contributed by atoms with Crippen molar-refractivity contribution in [1.82, 2.24) is 4.90 Å². The number of rotatable bonds is 4. The quantitative estimate of drug-likeness (QED) is 0.433.